The number of amides is 1. The van der Waals surface area contributed by atoms with Gasteiger partial charge in [-0.2, -0.15) is 0 Å². The lowest BCUT2D eigenvalue weighted by molar-refractivity contribution is -0.274. The quantitative estimate of drug-likeness (QED) is 0.549. The first kappa shape index (κ1) is 21.8. The first-order valence-electron chi connectivity index (χ1n) is 8.36. The number of hydrogen-bond donors (Lipinski definition) is 1. The van der Waals surface area contributed by atoms with Crippen LogP contribution in [0.1, 0.15) is 12.5 Å². The molecule has 1 amide bonds. The highest BCUT2D eigenvalue weighted by molar-refractivity contribution is 5.96. The van der Waals surface area contributed by atoms with Gasteiger partial charge in [-0.1, -0.05) is 12.1 Å². The normalized spacial score (nSPS) is 12.3. The minimum Gasteiger partial charge on any atom is -0.497 e. The van der Waals surface area contributed by atoms with Crippen molar-refractivity contribution in [3.8, 4) is 11.5 Å². The lowest BCUT2D eigenvalue weighted by Gasteiger charge is -2.12. The second-order valence-corrected chi connectivity index (χ2v) is 5.75. The van der Waals surface area contributed by atoms with E-state index in [1.807, 2.05) is 0 Å². The molecule has 2 aromatic rings. The highest BCUT2D eigenvalue weighted by Gasteiger charge is 2.30. The van der Waals surface area contributed by atoms with Gasteiger partial charge in [0.05, 0.1) is 7.11 Å². The molecule has 0 bridgehead atoms. The summed E-state index contributed by atoms with van der Waals surface area (Å²) in [5.41, 5.74) is 0.960. The van der Waals surface area contributed by atoms with Crippen LogP contribution in [0.15, 0.2) is 54.6 Å². The summed E-state index contributed by atoms with van der Waals surface area (Å²) in [5, 5.41) is 2.60. The Bertz CT molecular complexity index is 861. The predicted molar refractivity (Wildman–Crippen MR) is 99.3 cm³/mol. The zero-order valence-corrected chi connectivity index (χ0v) is 15.5. The third-order valence-electron chi connectivity index (χ3n) is 3.55. The molecule has 0 fully saturated rings. The number of benzene rings is 2. The summed E-state index contributed by atoms with van der Waals surface area (Å²) < 4.78 is 50.1. The molecule has 0 aliphatic carbocycles. The maximum Gasteiger partial charge on any atom is 0.573 e. The van der Waals surface area contributed by atoms with Gasteiger partial charge < -0.3 is 19.5 Å². The number of esters is 1. The largest absolute Gasteiger partial charge is 0.573 e. The second-order valence-electron chi connectivity index (χ2n) is 5.75. The van der Waals surface area contributed by atoms with Crippen molar-refractivity contribution in [3.63, 3.8) is 0 Å². The molecule has 2 rings (SSSR count). The van der Waals surface area contributed by atoms with Crippen LogP contribution in [0.2, 0.25) is 0 Å². The molecule has 0 aromatic heterocycles. The number of methoxy groups -OCH3 is 1. The molecule has 0 saturated carbocycles. The SMILES string of the molecule is COc1ccc(NC(=O)C(C)OC(=O)/C=C/c2ccc(OC(F)(F)F)cc2)cc1. The van der Waals surface area contributed by atoms with E-state index >= 15 is 0 Å². The van der Waals surface area contributed by atoms with E-state index in [4.69, 9.17) is 9.47 Å². The Hall–Kier alpha value is -3.49. The molecular formula is C20H18F3NO5. The van der Waals surface area contributed by atoms with Crippen LogP contribution in [0, 0.1) is 0 Å². The third kappa shape index (κ3) is 7.57. The van der Waals surface area contributed by atoms with E-state index in [1.54, 1.807) is 24.3 Å². The van der Waals surface area contributed by atoms with Crippen LogP contribution in [0.5, 0.6) is 11.5 Å². The first-order valence-corrected chi connectivity index (χ1v) is 8.36. The molecule has 0 heterocycles. The first-order chi connectivity index (χ1) is 13.7. The smallest absolute Gasteiger partial charge is 0.497 e. The van der Waals surface area contributed by atoms with Crippen LogP contribution in [-0.4, -0.2) is 31.5 Å². The molecule has 29 heavy (non-hydrogen) atoms. The van der Waals surface area contributed by atoms with E-state index in [-0.39, 0.29) is 5.75 Å². The number of nitrogens with one attached hydrogen (secondary N) is 1. The lowest BCUT2D eigenvalue weighted by Crippen LogP contribution is -2.29. The molecule has 1 N–H and O–H groups in total. The van der Waals surface area contributed by atoms with Crippen LogP contribution >= 0.6 is 0 Å². The van der Waals surface area contributed by atoms with Gasteiger partial charge in [-0.25, -0.2) is 4.79 Å². The highest BCUT2D eigenvalue weighted by Crippen LogP contribution is 2.23. The molecule has 0 aliphatic rings. The Morgan fingerprint density at radius 2 is 1.59 bits per heavy atom. The number of halogens is 3. The summed E-state index contributed by atoms with van der Waals surface area (Å²) in [7, 11) is 1.52. The van der Waals surface area contributed by atoms with Crippen molar-refractivity contribution in [2.24, 2.45) is 0 Å². The van der Waals surface area contributed by atoms with E-state index in [1.165, 1.54) is 32.2 Å². The monoisotopic (exact) mass is 409 g/mol. The number of hydrogen-bond acceptors (Lipinski definition) is 5. The molecule has 0 aliphatic heterocycles. The highest BCUT2D eigenvalue weighted by atomic mass is 19.4. The van der Waals surface area contributed by atoms with Gasteiger partial charge in [-0.15, -0.1) is 13.2 Å². The molecule has 9 heteroatoms. The van der Waals surface area contributed by atoms with Crippen molar-refractivity contribution >= 4 is 23.6 Å². The Balaban J connectivity index is 1.86. The van der Waals surface area contributed by atoms with Gasteiger partial charge in [0.1, 0.15) is 11.5 Å². The minimum absolute atomic E-state index is 0.374. The fraction of sp³-hybridized carbons (Fsp3) is 0.200. The van der Waals surface area contributed by atoms with Crippen LogP contribution in [0.25, 0.3) is 6.08 Å². The van der Waals surface area contributed by atoms with Crippen molar-refractivity contribution in [3.05, 3.63) is 60.2 Å². The van der Waals surface area contributed by atoms with Crippen LogP contribution in [0.3, 0.4) is 0 Å². The molecule has 6 nitrogen and oxygen atoms in total. The van der Waals surface area contributed by atoms with Crippen molar-refractivity contribution in [2.45, 2.75) is 19.4 Å². The molecule has 0 radical (unpaired) electrons. The standard InChI is InChI=1S/C20H18F3NO5/c1-13(19(26)24-15-6-10-16(27-2)11-7-15)28-18(25)12-5-14-3-8-17(9-4-14)29-20(21,22)23/h3-13H,1-2H3,(H,24,26)/b12-5+. The zero-order chi connectivity index (χ0) is 21.4. The van der Waals surface area contributed by atoms with Gasteiger partial charge in [-0.05, 0) is 55.0 Å². The van der Waals surface area contributed by atoms with E-state index in [0.717, 1.165) is 18.2 Å². The van der Waals surface area contributed by atoms with Crippen LogP contribution in [0.4, 0.5) is 18.9 Å². The topological polar surface area (TPSA) is 73.9 Å². The summed E-state index contributed by atoms with van der Waals surface area (Å²) in [4.78, 5) is 23.9. The van der Waals surface area contributed by atoms with Crippen molar-refractivity contribution < 1.29 is 37.0 Å². The van der Waals surface area contributed by atoms with E-state index < -0.39 is 24.3 Å². The Labute approximate surface area is 164 Å². The molecule has 2 aromatic carbocycles. The van der Waals surface area contributed by atoms with Gasteiger partial charge in [0, 0.05) is 11.8 Å². The summed E-state index contributed by atoms with van der Waals surface area (Å²) in [5.74, 6) is -1.05. The maximum atomic E-state index is 12.1. The van der Waals surface area contributed by atoms with Crippen molar-refractivity contribution in [1.82, 2.24) is 0 Å². The Morgan fingerprint density at radius 1 is 1.00 bits per heavy atom. The van der Waals surface area contributed by atoms with Gasteiger partial charge in [0.2, 0.25) is 0 Å². The summed E-state index contributed by atoms with van der Waals surface area (Å²) in [6.45, 7) is 1.41. The molecule has 1 atom stereocenters. The number of ether oxygens (including phenoxy) is 3. The van der Waals surface area contributed by atoms with Crippen molar-refractivity contribution in [2.75, 3.05) is 12.4 Å². The fourth-order valence-electron chi connectivity index (χ4n) is 2.13. The predicted octanol–water partition coefficient (Wildman–Crippen LogP) is 4.18. The number of anilines is 1. The van der Waals surface area contributed by atoms with Gasteiger partial charge in [0.15, 0.2) is 6.10 Å². The molecule has 1 unspecified atom stereocenters. The Morgan fingerprint density at radius 3 is 2.14 bits per heavy atom. The van der Waals surface area contributed by atoms with Gasteiger partial charge in [-0.3, -0.25) is 4.79 Å². The fourth-order valence-corrected chi connectivity index (χ4v) is 2.13. The second kappa shape index (κ2) is 9.63. The average molecular weight is 409 g/mol. The van der Waals surface area contributed by atoms with Crippen LogP contribution in [-0.2, 0) is 14.3 Å². The Kier molecular flexibility index (Phi) is 7.24. The molecule has 154 valence electrons. The van der Waals surface area contributed by atoms with E-state index in [9.17, 15) is 22.8 Å². The van der Waals surface area contributed by atoms with Gasteiger partial charge in [0.25, 0.3) is 5.91 Å². The maximum absolute atomic E-state index is 12.1. The summed E-state index contributed by atoms with van der Waals surface area (Å²) in [6, 6.07) is 11.5. The number of alkyl halides is 3. The number of carbonyl (C=O) groups is 2. The zero-order valence-electron chi connectivity index (χ0n) is 15.5. The summed E-state index contributed by atoms with van der Waals surface area (Å²) >= 11 is 0. The van der Waals surface area contributed by atoms with E-state index in [2.05, 4.69) is 10.1 Å². The number of carbonyl (C=O) groups excluding carboxylic acids is 2. The third-order valence-corrected chi connectivity index (χ3v) is 3.55. The molecule has 0 spiro atoms. The summed E-state index contributed by atoms with van der Waals surface area (Å²) in [6.07, 6.45) is -3.43. The van der Waals surface area contributed by atoms with E-state index in [0.29, 0.717) is 17.0 Å². The van der Waals surface area contributed by atoms with Crippen molar-refractivity contribution in [1.29, 1.82) is 0 Å². The van der Waals surface area contributed by atoms with Gasteiger partial charge >= 0.3 is 12.3 Å². The van der Waals surface area contributed by atoms with Crippen LogP contribution < -0.4 is 14.8 Å². The molecular weight excluding hydrogens is 391 g/mol. The average Bonchev–Trinajstić information content (AvgIpc) is 2.66. The lowest BCUT2D eigenvalue weighted by atomic mass is 10.2. The molecule has 0 saturated heterocycles. The minimum atomic E-state index is -4.77. The number of rotatable bonds is 7.